The first kappa shape index (κ1) is 23.1. The Morgan fingerprint density at radius 3 is 2.40 bits per heavy atom. The number of ether oxygens (including phenoxy) is 1. The molecule has 162 valence electrons. The maximum atomic E-state index is 12.1. The average Bonchev–Trinajstić information content (AvgIpc) is 2.80. The van der Waals surface area contributed by atoms with Crippen molar-refractivity contribution in [1.29, 1.82) is 0 Å². The van der Waals surface area contributed by atoms with Gasteiger partial charge in [0.1, 0.15) is 5.75 Å². The summed E-state index contributed by atoms with van der Waals surface area (Å²) in [5, 5.41) is 9.20. The van der Waals surface area contributed by atoms with E-state index in [1.54, 1.807) is 14.2 Å². The second kappa shape index (κ2) is 13.1. The van der Waals surface area contributed by atoms with E-state index in [-0.39, 0.29) is 12.5 Å². The highest BCUT2D eigenvalue weighted by Gasteiger charge is 2.05. The van der Waals surface area contributed by atoms with E-state index in [1.165, 1.54) is 5.69 Å². The molecule has 0 saturated carbocycles. The summed E-state index contributed by atoms with van der Waals surface area (Å²) in [5.74, 6) is 1.33. The Bertz CT molecular complexity index is 778. The molecule has 7 nitrogen and oxygen atoms in total. The Hall–Kier alpha value is -3.22. The molecule has 30 heavy (non-hydrogen) atoms. The molecule has 2 aromatic rings. The molecule has 0 bridgehead atoms. The number of anilines is 1. The molecular weight excluding hydrogens is 378 g/mol. The Labute approximate surface area is 179 Å². The second-order valence-corrected chi connectivity index (χ2v) is 6.75. The van der Waals surface area contributed by atoms with Gasteiger partial charge in [0.15, 0.2) is 5.96 Å². The molecule has 0 fully saturated rings. The lowest BCUT2D eigenvalue weighted by Crippen LogP contribution is -2.43. The van der Waals surface area contributed by atoms with Crippen LogP contribution in [-0.2, 0) is 11.3 Å². The van der Waals surface area contributed by atoms with Gasteiger partial charge in [-0.15, -0.1) is 0 Å². The number of carbonyl (C=O) groups excluding carboxylic acids is 1. The smallest absolute Gasteiger partial charge is 0.239 e. The molecule has 0 saturated heterocycles. The number of aliphatic imine (C=N–C) groups is 1. The zero-order valence-corrected chi connectivity index (χ0v) is 18.1. The van der Waals surface area contributed by atoms with Crippen molar-refractivity contribution in [3.8, 4) is 5.75 Å². The van der Waals surface area contributed by atoms with Gasteiger partial charge in [0.25, 0.3) is 0 Å². The van der Waals surface area contributed by atoms with Crippen LogP contribution in [0.2, 0.25) is 0 Å². The van der Waals surface area contributed by atoms with Gasteiger partial charge in [-0.25, -0.2) is 0 Å². The molecule has 0 radical (unpaired) electrons. The largest absolute Gasteiger partial charge is 0.497 e. The third-order valence-electron chi connectivity index (χ3n) is 4.69. The Morgan fingerprint density at radius 1 is 1.03 bits per heavy atom. The zero-order chi connectivity index (χ0) is 21.6. The molecule has 7 heteroatoms. The lowest BCUT2D eigenvalue weighted by molar-refractivity contribution is -0.120. The highest BCUT2D eigenvalue weighted by atomic mass is 16.5. The number of para-hydroxylation sites is 1. The molecular formula is C23H33N5O2. The monoisotopic (exact) mass is 411 g/mol. The van der Waals surface area contributed by atoms with Crippen molar-refractivity contribution in [1.82, 2.24) is 16.0 Å². The Morgan fingerprint density at radius 2 is 1.77 bits per heavy atom. The summed E-state index contributed by atoms with van der Waals surface area (Å²) in [6.07, 6.45) is 0.965. The number of rotatable bonds is 11. The van der Waals surface area contributed by atoms with Gasteiger partial charge in [0.05, 0.1) is 13.7 Å². The van der Waals surface area contributed by atoms with E-state index in [0.717, 1.165) is 37.4 Å². The van der Waals surface area contributed by atoms with Crippen LogP contribution < -0.4 is 25.6 Å². The fraction of sp³-hybridized carbons (Fsp3) is 0.391. The molecule has 1 amide bonds. The predicted molar refractivity (Wildman–Crippen MR) is 123 cm³/mol. The molecule has 3 N–H and O–H groups in total. The number of methoxy groups -OCH3 is 1. The normalized spacial score (nSPS) is 11.0. The number of benzene rings is 2. The van der Waals surface area contributed by atoms with Crippen molar-refractivity contribution in [2.24, 2.45) is 4.99 Å². The van der Waals surface area contributed by atoms with Crippen molar-refractivity contribution in [2.75, 3.05) is 45.2 Å². The van der Waals surface area contributed by atoms with Gasteiger partial charge in [-0.05, 0) is 43.2 Å². The van der Waals surface area contributed by atoms with Gasteiger partial charge in [-0.1, -0.05) is 30.3 Å². The van der Waals surface area contributed by atoms with Crippen LogP contribution in [0.3, 0.4) is 0 Å². The van der Waals surface area contributed by atoms with E-state index in [1.807, 2.05) is 30.3 Å². The minimum Gasteiger partial charge on any atom is -0.497 e. The van der Waals surface area contributed by atoms with Crippen molar-refractivity contribution in [3.63, 3.8) is 0 Å². The Kier molecular flexibility index (Phi) is 10.1. The highest BCUT2D eigenvalue weighted by molar-refractivity contribution is 5.86. The first-order valence-electron chi connectivity index (χ1n) is 10.3. The highest BCUT2D eigenvalue weighted by Crippen LogP contribution is 2.13. The van der Waals surface area contributed by atoms with Crippen LogP contribution in [0.15, 0.2) is 59.6 Å². The lowest BCUT2D eigenvalue weighted by atomic mass is 10.2. The third-order valence-corrected chi connectivity index (χ3v) is 4.69. The molecule has 0 aromatic heterocycles. The molecule has 0 aliphatic carbocycles. The SMILES string of the molecule is CCN(CCCNC(=NC)NCC(=O)NCc1ccc(OC)cc1)c1ccccc1. The van der Waals surface area contributed by atoms with Crippen LogP contribution in [0.4, 0.5) is 5.69 Å². The maximum Gasteiger partial charge on any atom is 0.239 e. The standard InChI is InChI=1S/C23H33N5O2/c1-4-28(20-9-6-5-7-10-20)16-8-15-25-23(24-2)27-18-22(29)26-17-19-11-13-21(30-3)14-12-19/h5-7,9-14H,4,8,15-18H2,1-3H3,(H,26,29)(H2,24,25,27). The number of carbonyl (C=O) groups is 1. The number of guanidine groups is 1. The topological polar surface area (TPSA) is 78.0 Å². The van der Waals surface area contributed by atoms with Gasteiger partial charge >= 0.3 is 0 Å². The molecule has 0 unspecified atom stereocenters. The van der Waals surface area contributed by atoms with Crippen molar-refractivity contribution < 1.29 is 9.53 Å². The van der Waals surface area contributed by atoms with E-state index in [2.05, 4.69) is 57.0 Å². The summed E-state index contributed by atoms with van der Waals surface area (Å²) in [7, 11) is 3.33. The first-order chi connectivity index (χ1) is 14.7. The number of nitrogens with one attached hydrogen (secondary N) is 3. The minimum absolute atomic E-state index is 0.0880. The fourth-order valence-corrected chi connectivity index (χ4v) is 2.98. The number of hydrogen-bond acceptors (Lipinski definition) is 4. The number of hydrogen-bond donors (Lipinski definition) is 3. The molecule has 0 aliphatic rings. The average molecular weight is 412 g/mol. The number of amides is 1. The molecule has 0 aliphatic heterocycles. The minimum atomic E-state index is -0.0880. The fourth-order valence-electron chi connectivity index (χ4n) is 2.98. The molecule has 0 spiro atoms. The Balaban J connectivity index is 1.64. The zero-order valence-electron chi connectivity index (χ0n) is 18.1. The summed E-state index contributed by atoms with van der Waals surface area (Å²) >= 11 is 0. The summed E-state index contributed by atoms with van der Waals surface area (Å²) < 4.78 is 5.13. The van der Waals surface area contributed by atoms with Crippen molar-refractivity contribution >= 4 is 17.6 Å². The summed E-state index contributed by atoms with van der Waals surface area (Å²) in [4.78, 5) is 18.6. The van der Waals surface area contributed by atoms with Crippen LogP contribution in [0.1, 0.15) is 18.9 Å². The summed E-state index contributed by atoms with van der Waals surface area (Å²) in [6.45, 7) is 5.49. The second-order valence-electron chi connectivity index (χ2n) is 6.75. The third kappa shape index (κ3) is 8.03. The predicted octanol–water partition coefficient (Wildman–Crippen LogP) is 2.39. The summed E-state index contributed by atoms with van der Waals surface area (Å²) in [5.41, 5.74) is 2.25. The lowest BCUT2D eigenvalue weighted by Gasteiger charge is -2.23. The van der Waals surface area contributed by atoms with Crippen LogP contribution in [-0.4, -0.2) is 52.2 Å². The molecule has 2 rings (SSSR count). The van der Waals surface area contributed by atoms with E-state index in [4.69, 9.17) is 4.74 Å². The van der Waals surface area contributed by atoms with Gasteiger partial charge < -0.3 is 25.6 Å². The van der Waals surface area contributed by atoms with Crippen molar-refractivity contribution in [2.45, 2.75) is 19.9 Å². The van der Waals surface area contributed by atoms with Gasteiger partial charge in [-0.3, -0.25) is 9.79 Å². The van der Waals surface area contributed by atoms with Crippen molar-refractivity contribution in [3.05, 3.63) is 60.2 Å². The van der Waals surface area contributed by atoms with E-state index >= 15 is 0 Å². The quantitative estimate of drug-likeness (QED) is 0.301. The molecule has 2 aromatic carbocycles. The van der Waals surface area contributed by atoms with Crippen LogP contribution in [0.25, 0.3) is 0 Å². The van der Waals surface area contributed by atoms with Crippen LogP contribution >= 0.6 is 0 Å². The molecule has 0 heterocycles. The van der Waals surface area contributed by atoms with E-state index in [0.29, 0.717) is 12.5 Å². The van der Waals surface area contributed by atoms with Gasteiger partial charge in [0, 0.05) is 38.9 Å². The van der Waals surface area contributed by atoms with Gasteiger partial charge in [-0.2, -0.15) is 0 Å². The molecule has 0 atom stereocenters. The van der Waals surface area contributed by atoms with Gasteiger partial charge in [0.2, 0.25) is 5.91 Å². The van der Waals surface area contributed by atoms with Crippen LogP contribution in [0, 0.1) is 0 Å². The van der Waals surface area contributed by atoms with E-state index in [9.17, 15) is 4.79 Å². The van der Waals surface area contributed by atoms with E-state index < -0.39 is 0 Å². The first-order valence-corrected chi connectivity index (χ1v) is 10.3. The maximum absolute atomic E-state index is 12.1. The number of nitrogens with zero attached hydrogens (tertiary/aromatic N) is 2. The summed E-state index contributed by atoms with van der Waals surface area (Å²) in [6, 6.07) is 18.0. The van der Waals surface area contributed by atoms with Crippen LogP contribution in [0.5, 0.6) is 5.75 Å².